The van der Waals surface area contributed by atoms with Gasteiger partial charge in [0.25, 0.3) is 5.91 Å². The highest BCUT2D eigenvalue weighted by atomic mass is 16.1. The Balaban J connectivity index is 1.65. The lowest BCUT2D eigenvalue weighted by molar-refractivity contribution is 0.102. The van der Waals surface area contributed by atoms with E-state index in [0.29, 0.717) is 5.82 Å². The fourth-order valence-corrected chi connectivity index (χ4v) is 2.40. The van der Waals surface area contributed by atoms with Gasteiger partial charge in [0.2, 0.25) is 0 Å². The lowest BCUT2D eigenvalue weighted by Crippen LogP contribution is -2.29. The van der Waals surface area contributed by atoms with Gasteiger partial charge in [-0.05, 0) is 31.4 Å². The number of carbonyl (C=O) groups is 1. The van der Waals surface area contributed by atoms with Gasteiger partial charge in [-0.1, -0.05) is 0 Å². The minimum Gasteiger partial charge on any atom is -0.370 e. The van der Waals surface area contributed by atoms with Gasteiger partial charge < -0.3 is 10.2 Å². The Morgan fingerprint density at radius 3 is 2.57 bits per heavy atom. The Hall–Kier alpha value is -2.50. The number of nitrogens with zero attached hydrogens (tertiary/aromatic N) is 4. The van der Waals surface area contributed by atoms with E-state index in [0.717, 1.165) is 18.8 Å². The molecule has 0 radical (unpaired) electrons. The smallest absolute Gasteiger partial charge is 0.277 e. The fourth-order valence-electron chi connectivity index (χ4n) is 2.40. The molecule has 108 valence electrons. The van der Waals surface area contributed by atoms with E-state index in [-0.39, 0.29) is 11.6 Å². The average Bonchev–Trinajstić information content (AvgIpc) is 2.57. The molecule has 21 heavy (non-hydrogen) atoms. The SMILES string of the molecule is O=C(Nc1ccc(N2CCCCC2)cn1)c1cnccn1. The van der Waals surface area contributed by atoms with Crippen molar-refractivity contribution < 1.29 is 4.79 Å². The molecule has 1 saturated heterocycles. The average molecular weight is 283 g/mol. The van der Waals surface area contributed by atoms with Gasteiger partial charge in [0.05, 0.1) is 18.1 Å². The van der Waals surface area contributed by atoms with E-state index in [2.05, 4.69) is 25.2 Å². The van der Waals surface area contributed by atoms with Gasteiger partial charge in [-0.2, -0.15) is 0 Å². The highest BCUT2D eigenvalue weighted by Gasteiger charge is 2.12. The van der Waals surface area contributed by atoms with Crippen molar-refractivity contribution >= 4 is 17.4 Å². The predicted octanol–water partition coefficient (Wildman–Crippen LogP) is 2.11. The molecule has 1 aliphatic rings. The molecule has 1 N–H and O–H groups in total. The molecule has 0 bridgehead atoms. The summed E-state index contributed by atoms with van der Waals surface area (Å²) in [4.78, 5) is 26.4. The lowest BCUT2D eigenvalue weighted by Gasteiger charge is -2.28. The molecule has 6 heteroatoms. The van der Waals surface area contributed by atoms with Crippen molar-refractivity contribution in [1.82, 2.24) is 15.0 Å². The molecule has 1 amide bonds. The molecule has 1 aliphatic heterocycles. The number of anilines is 2. The highest BCUT2D eigenvalue weighted by molar-refractivity contribution is 6.02. The van der Waals surface area contributed by atoms with Crippen molar-refractivity contribution in [3.05, 3.63) is 42.6 Å². The summed E-state index contributed by atoms with van der Waals surface area (Å²) in [6, 6.07) is 3.81. The first-order valence-corrected chi connectivity index (χ1v) is 7.11. The van der Waals surface area contributed by atoms with Crippen LogP contribution in [0.25, 0.3) is 0 Å². The summed E-state index contributed by atoms with van der Waals surface area (Å²) < 4.78 is 0. The second kappa shape index (κ2) is 6.30. The number of rotatable bonds is 3. The third-order valence-electron chi connectivity index (χ3n) is 3.51. The van der Waals surface area contributed by atoms with Crippen molar-refractivity contribution in [1.29, 1.82) is 0 Å². The number of amides is 1. The number of nitrogens with one attached hydrogen (secondary N) is 1. The Bertz CT molecular complexity index is 593. The van der Waals surface area contributed by atoms with E-state index in [1.807, 2.05) is 12.1 Å². The maximum absolute atomic E-state index is 11.9. The molecule has 0 unspecified atom stereocenters. The Morgan fingerprint density at radius 2 is 1.90 bits per heavy atom. The number of piperidine rings is 1. The number of pyridine rings is 1. The van der Waals surface area contributed by atoms with E-state index in [4.69, 9.17) is 0 Å². The number of hydrogen-bond acceptors (Lipinski definition) is 5. The molecule has 6 nitrogen and oxygen atoms in total. The molecule has 0 atom stereocenters. The number of carbonyl (C=O) groups excluding carboxylic acids is 1. The minimum atomic E-state index is -0.304. The van der Waals surface area contributed by atoms with Crippen LogP contribution in [0.2, 0.25) is 0 Å². The van der Waals surface area contributed by atoms with Crippen LogP contribution in [0.5, 0.6) is 0 Å². The monoisotopic (exact) mass is 283 g/mol. The topological polar surface area (TPSA) is 71.0 Å². The van der Waals surface area contributed by atoms with Crippen molar-refractivity contribution in [2.24, 2.45) is 0 Å². The van der Waals surface area contributed by atoms with Crippen LogP contribution in [-0.4, -0.2) is 33.9 Å². The zero-order chi connectivity index (χ0) is 14.5. The van der Waals surface area contributed by atoms with Crippen LogP contribution in [0.1, 0.15) is 29.8 Å². The second-order valence-corrected chi connectivity index (χ2v) is 4.99. The molecule has 0 saturated carbocycles. The van der Waals surface area contributed by atoms with Crippen LogP contribution in [-0.2, 0) is 0 Å². The maximum Gasteiger partial charge on any atom is 0.277 e. The summed E-state index contributed by atoms with van der Waals surface area (Å²) in [7, 11) is 0. The summed E-state index contributed by atoms with van der Waals surface area (Å²) >= 11 is 0. The van der Waals surface area contributed by atoms with E-state index in [9.17, 15) is 4.79 Å². The quantitative estimate of drug-likeness (QED) is 0.934. The highest BCUT2D eigenvalue weighted by Crippen LogP contribution is 2.20. The minimum absolute atomic E-state index is 0.277. The van der Waals surface area contributed by atoms with Crippen LogP contribution in [0, 0.1) is 0 Å². The van der Waals surface area contributed by atoms with Gasteiger partial charge in [-0.3, -0.25) is 9.78 Å². The van der Waals surface area contributed by atoms with Crippen LogP contribution in [0.4, 0.5) is 11.5 Å². The zero-order valence-electron chi connectivity index (χ0n) is 11.7. The summed E-state index contributed by atoms with van der Waals surface area (Å²) in [6.07, 6.45) is 10.0. The normalized spacial score (nSPS) is 14.8. The molecular formula is C15H17N5O. The van der Waals surface area contributed by atoms with Gasteiger partial charge in [0.1, 0.15) is 11.5 Å². The molecule has 3 heterocycles. The van der Waals surface area contributed by atoms with Crippen LogP contribution in [0.3, 0.4) is 0 Å². The van der Waals surface area contributed by atoms with Crippen molar-refractivity contribution in [2.45, 2.75) is 19.3 Å². The van der Waals surface area contributed by atoms with Gasteiger partial charge in [0, 0.05) is 25.5 Å². The maximum atomic E-state index is 11.9. The predicted molar refractivity (Wildman–Crippen MR) is 80.3 cm³/mol. The van der Waals surface area contributed by atoms with Crippen molar-refractivity contribution in [3.63, 3.8) is 0 Å². The standard InChI is InChI=1S/C15H17N5O/c21-15(13-11-16-6-7-17-13)19-14-5-4-12(10-18-14)20-8-2-1-3-9-20/h4-7,10-11H,1-3,8-9H2,(H,18,19,21). The molecule has 2 aromatic rings. The molecule has 3 rings (SSSR count). The molecular weight excluding hydrogens is 266 g/mol. The van der Waals surface area contributed by atoms with Gasteiger partial charge >= 0.3 is 0 Å². The number of hydrogen-bond donors (Lipinski definition) is 1. The van der Waals surface area contributed by atoms with Crippen LogP contribution >= 0.6 is 0 Å². The van der Waals surface area contributed by atoms with E-state index < -0.39 is 0 Å². The molecule has 1 fully saturated rings. The number of aromatic nitrogens is 3. The molecule has 2 aromatic heterocycles. The van der Waals surface area contributed by atoms with Crippen LogP contribution in [0.15, 0.2) is 36.9 Å². The Morgan fingerprint density at radius 1 is 1.05 bits per heavy atom. The first kappa shape index (κ1) is 13.5. The third kappa shape index (κ3) is 3.34. The lowest BCUT2D eigenvalue weighted by atomic mass is 10.1. The van der Waals surface area contributed by atoms with Gasteiger partial charge in [0.15, 0.2) is 0 Å². The summed E-state index contributed by atoms with van der Waals surface area (Å²) in [5.74, 6) is 0.215. The fraction of sp³-hybridized carbons (Fsp3) is 0.333. The molecule has 0 aromatic carbocycles. The molecule has 0 spiro atoms. The van der Waals surface area contributed by atoms with Gasteiger partial charge in [-0.15, -0.1) is 0 Å². The summed E-state index contributed by atoms with van der Waals surface area (Å²) in [5.41, 5.74) is 1.38. The van der Waals surface area contributed by atoms with Gasteiger partial charge in [-0.25, -0.2) is 9.97 Å². The summed E-state index contributed by atoms with van der Waals surface area (Å²) in [5, 5.41) is 2.72. The first-order valence-electron chi connectivity index (χ1n) is 7.11. The first-order chi connectivity index (χ1) is 10.3. The van der Waals surface area contributed by atoms with E-state index >= 15 is 0 Å². The Labute approximate surface area is 123 Å². The largest absolute Gasteiger partial charge is 0.370 e. The molecule has 0 aliphatic carbocycles. The second-order valence-electron chi connectivity index (χ2n) is 4.99. The Kier molecular flexibility index (Phi) is 4.04. The van der Waals surface area contributed by atoms with Crippen molar-refractivity contribution in [3.8, 4) is 0 Å². The van der Waals surface area contributed by atoms with E-state index in [1.165, 1.54) is 37.9 Å². The van der Waals surface area contributed by atoms with E-state index in [1.54, 1.807) is 6.20 Å². The third-order valence-corrected chi connectivity index (χ3v) is 3.51. The van der Waals surface area contributed by atoms with Crippen LogP contribution < -0.4 is 10.2 Å². The summed E-state index contributed by atoms with van der Waals surface area (Å²) in [6.45, 7) is 2.15. The zero-order valence-corrected chi connectivity index (χ0v) is 11.7. The van der Waals surface area contributed by atoms with Crippen molar-refractivity contribution in [2.75, 3.05) is 23.3 Å².